The first-order valence-corrected chi connectivity index (χ1v) is 8.07. The maximum atomic E-state index is 12.0. The Hall–Kier alpha value is -2.32. The summed E-state index contributed by atoms with van der Waals surface area (Å²) in [5, 5.41) is 3.02. The molecule has 0 unspecified atom stereocenters. The van der Waals surface area contributed by atoms with Crippen LogP contribution < -0.4 is 11.1 Å². The number of aliphatic imine (C=N–C) groups is 1. The largest absolute Gasteiger partial charge is 0.450 e. The number of amides is 2. The fraction of sp³-hybridized carbons (Fsp3) is 0. The molecule has 0 atom stereocenters. The highest BCUT2D eigenvalue weighted by Gasteiger charge is 2.24. The highest BCUT2D eigenvalue weighted by Crippen LogP contribution is 2.29. The van der Waals surface area contributed by atoms with Crippen molar-refractivity contribution in [3.8, 4) is 0 Å². The van der Waals surface area contributed by atoms with Crippen molar-refractivity contribution in [1.82, 2.24) is 5.32 Å². The molecule has 23 heavy (non-hydrogen) atoms. The van der Waals surface area contributed by atoms with Crippen LogP contribution in [0.4, 0.5) is 5.69 Å². The van der Waals surface area contributed by atoms with E-state index in [1.54, 1.807) is 42.5 Å². The molecule has 1 aliphatic heterocycles. The van der Waals surface area contributed by atoms with E-state index in [9.17, 15) is 9.59 Å². The predicted molar refractivity (Wildman–Crippen MR) is 92.2 cm³/mol. The van der Waals surface area contributed by atoms with Crippen LogP contribution in [0.2, 0.25) is 0 Å². The van der Waals surface area contributed by atoms with E-state index in [1.807, 2.05) is 0 Å². The molecule has 0 spiro atoms. The van der Waals surface area contributed by atoms with Gasteiger partial charge in [0.1, 0.15) is 5.76 Å². The second-order valence-corrected chi connectivity index (χ2v) is 6.32. The molecule has 3 N–H and O–H groups in total. The molecule has 6 nitrogen and oxygen atoms in total. The van der Waals surface area contributed by atoms with E-state index in [2.05, 4.69) is 26.2 Å². The van der Waals surface area contributed by atoms with Gasteiger partial charge in [-0.2, -0.15) is 0 Å². The number of primary amides is 1. The van der Waals surface area contributed by atoms with Gasteiger partial charge >= 0.3 is 0 Å². The molecule has 0 bridgehead atoms. The smallest absolute Gasteiger partial charge is 0.264 e. The highest BCUT2D eigenvalue weighted by molar-refractivity contribution is 9.10. The van der Waals surface area contributed by atoms with Crippen molar-refractivity contribution in [1.29, 1.82) is 0 Å². The summed E-state index contributed by atoms with van der Waals surface area (Å²) in [6, 6.07) is 10.2. The molecule has 8 heteroatoms. The van der Waals surface area contributed by atoms with Gasteiger partial charge in [0.2, 0.25) is 0 Å². The van der Waals surface area contributed by atoms with E-state index in [-0.39, 0.29) is 5.91 Å². The van der Waals surface area contributed by atoms with Crippen LogP contribution in [0.5, 0.6) is 0 Å². The third-order valence-electron chi connectivity index (χ3n) is 2.91. The first-order valence-electron chi connectivity index (χ1n) is 6.46. The average Bonchev–Trinajstić information content (AvgIpc) is 3.06. The summed E-state index contributed by atoms with van der Waals surface area (Å²) in [4.78, 5) is 28.1. The summed E-state index contributed by atoms with van der Waals surface area (Å²) in [6.07, 6.45) is 1.62. The van der Waals surface area contributed by atoms with E-state index >= 15 is 0 Å². The minimum absolute atomic E-state index is 0.280. The van der Waals surface area contributed by atoms with Gasteiger partial charge in [-0.3, -0.25) is 9.59 Å². The van der Waals surface area contributed by atoms with Gasteiger partial charge in [0.15, 0.2) is 9.84 Å². The number of nitrogens with zero attached hydrogens (tertiary/aromatic N) is 1. The van der Waals surface area contributed by atoms with E-state index in [0.717, 1.165) is 11.8 Å². The molecule has 1 fully saturated rings. The quantitative estimate of drug-likeness (QED) is 0.785. The molecule has 2 heterocycles. The predicted octanol–water partition coefficient (Wildman–Crippen LogP) is 3.03. The first-order chi connectivity index (χ1) is 11.0. The molecule has 0 radical (unpaired) electrons. The summed E-state index contributed by atoms with van der Waals surface area (Å²) in [6.45, 7) is 0. The van der Waals surface area contributed by atoms with E-state index in [1.165, 1.54) is 0 Å². The van der Waals surface area contributed by atoms with Crippen LogP contribution in [0.3, 0.4) is 0 Å². The SMILES string of the molecule is NC(=O)c1ccccc1N=C1NC(=O)/C(=C\c2ccc(Br)o2)S1. The highest BCUT2D eigenvalue weighted by atomic mass is 79.9. The number of carbonyl (C=O) groups excluding carboxylic acids is 2. The van der Waals surface area contributed by atoms with Crippen molar-refractivity contribution in [3.05, 3.63) is 57.3 Å². The maximum Gasteiger partial charge on any atom is 0.264 e. The minimum Gasteiger partial charge on any atom is -0.450 e. The number of hydrogen-bond acceptors (Lipinski definition) is 5. The first kappa shape index (κ1) is 15.6. The van der Waals surface area contributed by atoms with Gasteiger partial charge in [0, 0.05) is 6.08 Å². The lowest BCUT2D eigenvalue weighted by molar-refractivity contribution is -0.115. The lowest BCUT2D eigenvalue weighted by atomic mass is 10.2. The topological polar surface area (TPSA) is 97.7 Å². The lowest BCUT2D eigenvalue weighted by Crippen LogP contribution is -2.19. The molecular formula is C15H10BrN3O3S. The molecule has 1 aromatic carbocycles. The van der Waals surface area contributed by atoms with Gasteiger partial charge in [0.05, 0.1) is 16.2 Å². The normalized spacial score (nSPS) is 17.7. The molecule has 116 valence electrons. The van der Waals surface area contributed by atoms with Gasteiger partial charge in [-0.1, -0.05) is 12.1 Å². The van der Waals surface area contributed by atoms with Gasteiger partial charge < -0.3 is 15.5 Å². The van der Waals surface area contributed by atoms with Crippen molar-refractivity contribution in [3.63, 3.8) is 0 Å². The number of hydrogen-bond donors (Lipinski definition) is 2. The van der Waals surface area contributed by atoms with Crippen LogP contribution in [0.25, 0.3) is 6.08 Å². The number of halogens is 1. The Balaban J connectivity index is 1.88. The summed E-state index contributed by atoms with van der Waals surface area (Å²) >= 11 is 4.36. The summed E-state index contributed by atoms with van der Waals surface area (Å²) in [5.74, 6) is -0.304. The molecule has 2 aromatic rings. The van der Waals surface area contributed by atoms with Crippen LogP contribution in [0, 0.1) is 0 Å². The van der Waals surface area contributed by atoms with E-state index in [0.29, 0.717) is 31.8 Å². The van der Waals surface area contributed by atoms with Crippen LogP contribution in [0.15, 0.2) is 55.4 Å². The number of nitrogens with one attached hydrogen (secondary N) is 1. The number of benzene rings is 1. The second-order valence-electron chi connectivity index (χ2n) is 4.51. The third-order valence-corrected chi connectivity index (χ3v) is 4.25. The van der Waals surface area contributed by atoms with Gasteiger partial charge in [0.25, 0.3) is 11.8 Å². The number of amidine groups is 1. The number of thioether (sulfide) groups is 1. The Bertz CT molecular complexity index is 857. The van der Waals surface area contributed by atoms with Gasteiger partial charge in [-0.25, -0.2) is 4.99 Å². The molecule has 1 saturated heterocycles. The number of carbonyl (C=O) groups is 2. The molecule has 0 saturated carbocycles. The molecule has 0 aliphatic carbocycles. The number of nitrogens with two attached hydrogens (primary N) is 1. The average molecular weight is 392 g/mol. The number of para-hydroxylation sites is 1. The zero-order valence-corrected chi connectivity index (χ0v) is 14.0. The second kappa shape index (κ2) is 6.43. The van der Waals surface area contributed by atoms with E-state index in [4.69, 9.17) is 10.2 Å². The van der Waals surface area contributed by atoms with Crippen molar-refractivity contribution >= 4 is 56.4 Å². The molecule has 2 amide bonds. The minimum atomic E-state index is -0.574. The monoisotopic (exact) mass is 391 g/mol. The van der Waals surface area contributed by atoms with Crippen LogP contribution in [-0.2, 0) is 4.79 Å². The standard InChI is InChI=1S/C15H10BrN3O3S/c16-12-6-5-8(22-12)7-11-14(21)19-15(23-11)18-10-4-2-1-3-9(10)13(17)20/h1-7H,(H2,17,20)(H,18,19,21)/b11-7+. The fourth-order valence-corrected chi connectivity index (χ4v) is 3.04. The Labute approximate surface area is 144 Å². The number of furan rings is 1. The van der Waals surface area contributed by atoms with Crippen molar-refractivity contribution in [2.45, 2.75) is 0 Å². The van der Waals surface area contributed by atoms with E-state index < -0.39 is 5.91 Å². The summed E-state index contributed by atoms with van der Waals surface area (Å²) in [5.41, 5.74) is 6.02. The molecule has 3 rings (SSSR count). The maximum absolute atomic E-state index is 12.0. The zero-order chi connectivity index (χ0) is 16.4. The fourth-order valence-electron chi connectivity index (χ4n) is 1.90. The number of rotatable bonds is 3. The summed E-state index contributed by atoms with van der Waals surface area (Å²) < 4.78 is 5.92. The Morgan fingerprint density at radius 2 is 2.09 bits per heavy atom. The van der Waals surface area contributed by atoms with Crippen LogP contribution in [-0.4, -0.2) is 17.0 Å². The van der Waals surface area contributed by atoms with Crippen molar-refractivity contribution in [2.24, 2.45) is 10.7 Å². The van der Waals surface area contributed by atoms with Crippen LogP contribution in [0.1, 0.15) is 16.1 Å². The molecule has 1 aromatic heterocycles. The van der Waals surface area contributed by atoms with Crippen molar-refractivity contribution < 1.29 is 14.0 Å². The lowest BCUT2D eigenvalue weighted by Gasteiger charge is -2.01. The van der Waals surface area contributed by atoms with Crippen molar-refractivity contribution in [2.75, 3.05) is 0 Å². The zero-order valence-electron chi connectivity index (χ0n) is 11.6. The molecular weight excluding hydrogens is 382 g/mol. The third kappa shape index (κ3) is 3.54. The van der Waals surface area contributed by atoms with Gasteiger partial charge in [-0.15, -0.1) is 0 Å². The Morgan fingerprint density at radius 1 is 1.30 bits per heavy atom. The Kier molecular flexibility index (Phi) is 4.35. The molecule has 1 aliphatic rings. The summed E-state index contributed by atoms with van der Waals surface area (Å²) in [7, 11) is 0. The Morgan fingerprint density at radius 3 is 2.78 bits per heavy atom. The van der Waals surface area contributed by atoms with Gasteiger partial charge in [-0.05, 0) is 52.0 Å². The van der Waals surface area contributed by atoms with Crippen LogP contribution >= 0.6 is 27.7 Å².